The molecule has 1 atom stereocenters. The highest BCUT2D eigenvalue weighted by molar-refractivity contribution is 5.85. The highest BCUT2D eigenvalue weighted by atomic mass is 35.5. The zero-order valence-corrected chi connectivity index (χ0v) is 10.9. The maximum atomic E-state index is 13.4. The van der Waals surface area contributed by atoms with Crippen LogP contribution in [0.4, 0.5) is 23.2 Å². The van der Waals surface area contributed by atoms with Gasteiger partial charge in [0.2, 0.25) is 0 Å². The maximum Gasteiger partial charge on any atom is 0.419 e. The van der Waals surface area contributed by atoms with Gasteiger partial charge in [0.05, 0.1) is 5.56 Å². The second-order valence-corrected chi connectivity index (χ2v) is 4.51. The molecule has 108 valence electrons. The molecule has 2 rings (SSSR count). The largest absolute Gasteiger partial charge is 0.419 e. The van der Waals surface area contributed by atoms with Gasteiger partial charge in [-0.15, -0.1) is 12.4 Å². The number of hydrogen-bond acceptors (Lipinski definition) is 2. The summed E-state index contributed by atoms with van der Waals surface area (Å²) < 4.78 is 50.7. The number of anilines is 1. The Kier molecular flexibility index (Phi) is 5.04. The maximum absolute atomic E-state index is 13.4. The number of alkyl halides is 3. The van der Waals surface area contributed by atoms with E-state index in [1.165, 1.54) is 6.07 Å². The summed E-state index contributed by atoms with van der Waals surface area (Å²) >= 11 is 0. The molecule has 0 aromatic heterocycles. The lowest BCUT2D eigenvalue weighted by Gasteiger charge is -2.32. The van der Waals surface area contributed by atoms with E-state index in [0.717, 1.165) is 25.0 Å². The first-order valence-corrected chi connectivity index (χ1v) is 5.75. The van der Waals surface area contributed by atoms with E-state index < -0.39 is 17.6 Å². The molecule has 1 unspecified atom stereocenters. The minimum atomic E-state index is -4.65. The molecule has 2 nitrogen and oxygen atoms in total. The van der Waals surface area contributed by atoms with E-state index in [9.17, 15) is 17.6 Å². The lowest BCUT2D eigenvalue weighted by atomic mass is 10.1. The van der Waals surface area contributed by atoms with Crippen molar-refractivity contribution in [2.75, 3.05) is 18.0 Å². The van der Waals surface area contributed by atoms with E-state index in [1.807, 2.05) is 4.90 Å². The van der Waals surface area contributed by atoms with E-state index in [2.05, 4.69) is 0 Å². The van der Waals surface area contributed by atoms with Crippen molar-refractivity contribution < 1.29 is 17.6 Å². The second kappa shape index (κ2) is 5.96. The smallest absolute Gasteiger partial charge is 0.370 e. The summed E-state index contributed by atoms with van der Waals surface area (Å²) in [6.45, 7) is 1.24. The van der Waals surface area contributed by atoms with Crippen molar-refractivity contribution in [3.05, 3.63) is 29.6 Å². The Morgan fingerprint density at radius 2 is 1.95 bits per heavy atom. The lowest BCUT2D eigenvalue weighted by Crippen LogP contribution is -2.42. The zero-order chi connectivity index (χ0) is 13.3. The van der Waals surface area contributed by atoms with Crippen LogP contribution in [0.3, 0.4) is 0 Å². The summed E-state index contributed by atoms with van der Waals surface area (Å²) in [5, 5.41) is 0. The van der Waals surface area contributed by atoms with Gasteiger partial charge in [0.25, 0.3) is 0 Å². The molecule has 0 amide bonds. The molecule has 2 N–H and O–H groups in total. The van der Waals surface area contributed by atoms with Crippen LogP contribution >= 0.6 is 12.4 Å². The van der Waals surface area contributed by atoms with Gasteiger partial charge in [-0.3, -0.25) is 0 Å². The van der Waals surface area contributed by atoms with Crippen molar-refractivity contribution in [2.24, 2.45) is 5.73 Å². The summed E-state index contributed by atoms with van der Waals surface area (Å²) in [5.74, 6) is -1.24. The van der Waals surface area contributed by atoms with Crippen molar-refractivity contribution in [1.29, 1.82) is 0 Å². The predicted octanol–water partition coefficient (Wildman–Crippen LogP) is 3.19. The minimum absolute atomic E-state index is 0. The summed E-state index contributed by atoms with van der Waals surface area (Å²) in [4.78, 5) is 1.82. The standard InChI is InChI=1S/C12H14F4N2.ClH/c13-11-6-9(3-4-10(11)12(14,15)16)18-5-1-2-8(17)7-18;/h3-4,6,8H,1-2,5,7,17H2;1H. The summed E-state index contributed by atoms with van der Waals surface area (Å²) in [5.41, 5.74) is 5.01. The van der Waals surface area contributed by atoms with Gasteiger partial charge < -0.3 is 10.6 Å². The van der Waals surface area contributed by atoms with E-state index in [1.54, 1.807) is 0 Å². The van der Waals surface area contributed by atoms with Crippen LogP contribution in [-0.4, -0.2) is 19.1 Å². The van der Waals surface area contributed by atoms with Gasteiger partial charge in [-0.25, -0.2) is 4.39 Å². The van der Waals surface area contributed by atoms with Crippen LogP contribution in [0, 0.1) is 5.82 Å². The first kappa shape index (κ1) is 16.0. The molecule has 1 saturated heterocycles. The third-order valence-corrected chi connectivity index (χ3v) is 3.08. The van der Waals surface area contributed by atoms with E-state index in [-0.39, 0.29) is 18.4 Å². The Balaban J connectivity index is 0.00000180. The summed E-state index contributed by atoms with van der Waals surface area (Å²) in [6, 6.07) is 3.00. The molecule has 0 spiro atoms. The fourth-order valence-corrected chi connectivity index (χ4v) is 2.18. The van der Waals surface area contributed by atoms with Crippen LogP contribution < -0.4 is 10.6 Å². The number of rotatable bonds is 1. The molecule has 1 aliphatic rings. The molecule has 0 bridgehead atoms. The molecule has 0 radical (unpaired) electrons. The molecule has 0 saturated carbocycles. The van der Waals surface area contributed by atoms with Crippen LogP contribution in [0.2, 0.25) is 0 Å². The van der Waals surface area contributed by atoms with Crippen LogP contribution in [-0.2, 0) is 6.18 Å². The normalized spacial score (nSPS) is 20.1. The van der Waals surface area contributed by atoms with Gasteiger partial charge in [0.15, 0.2) is 0 Å². The van der Waals surface area contributed by atoms with Crippen LogP contribution in [0.25, 0.3) is 0 Å². The molecule has 1 heterocycles. The second-order valence-electron chi connectivity index (χ2n) is 4.51. The van der Waals surface area contributed by atoms with E-state index in [4.69, 9.17) is 5.73 Å². The third kappa shape index (κ3) is 3.73. The molecule has 19 heavy (non-hydrogen) atoms. The lowest BCUT2D eigenvalue weighted by molar-refractivity contribution is -0.139. The van der Waals surface area contributed by atoms with Gasteiger partial charge in [-0.2, -0.15) is 13.2 Å². The average molecular weight is 299 g/mol. The van der Waals surface area contributed by atoms with Crippen molar-refractivity contribution in [2.45, 2.75) is 25.1 Å². The van der Waals surface area contributed by atoms with Crippen molar-refractivity contribution in [1.82, 2.24) is 0 Å². The molecule has 0 aliphatic carbocycles. The Labute approximate surface area is 115 Å². The van der Waals surface area contributed by atoms with Crippen LogP contribution in [0.15, 0.2) is 18.2 Å². The predicted molar refractivity (Wildman–Crippen MR) is 68.1 cm³/mol. The quantitative estimate of drug-likeness (QED) is 0.807. The van der Waals surface area contributed by atoms with Crippen molar-refractivity contribution >= 4 is 18.1 Å². The van der Waals surface area contributed by atoms with Crippen molar-refractivity contribution in [3.8, 4) is 0 Å². The van der Waals surface area contributed by atoms with Gasteiger partial charge in [-0.1, -0.05) is 0 Å². The first-order valence-electron chi connectivity index (χ1n) is 5.75. The van der Waals surface area contributed by atoms with Gasteiger partial charge in [-0.05, 0) is 31.0 Å². The van der Waals surface area contributed by atoms with E-state index in [0.29, 0.717) is 18.8 Å². The summed E-state index contributed by atoms with van der Waals surface area (Å²) in [6.07, 6.45) is -2.90. The fourth-order valence-electron chi connectivity index (χ4n) is 2.18. The molecule has 7 heteroatoms. The average Bonchev–Trinajstić information content (AvgIpc) is 2.27. The van der Waals surface area contributed by atoms with Gasteiger partial charge in [0, 0.05) is 24.8 Å². The molecule has 1 aromatic rings. The third-order valence-electron chi connectivity index (χ3n) is 3.08. The number of nitrogens with zero attached hydrogens (tertiary/aromatic N) is 1. The van der Waals surface area contributed by atoms with E-state index >= 15 is 0 Å². The molecule has 1 aliphatic heterocycles. The SMILES string of the molecule is Cl.NC1CCCN(c2ccc(C(F)(F)F)c(F)c2)C1. The van der Waals surface area contributed by atoms with Gasteiger partial charge in [0.1, 0.15) is 5.82 Å². The van der Waals surface area contributed by atoms with Gasteiger partial charge >= 0.3 is 6.18 Å². The fraction of sp³-hybridized carbons (Fsp3) is 0.500. The Hall–Kier alpha value is -1.01. The monoisotopic (exact) mass is 298 g/mol. The number of piperidine rings is 1. The zero-order valence-electron chi connectivity index (χ0n) is 10.1. The number of benzene rings is 1. The number of nitrogens with two attached hydrogens (primary N) is 1. The molecule has 1 fully saturated rings. The molecule has 1 aromatic carbocycles. The van der Waals surface area contributed by atoms with Crippen molar-refractivity contribution in [3.63, 3.8) is 0 Å². The minimum Gasteiger partial charge on any atom is -0.370 e. The number of hydrogen-bond donors (Lipinski definition) is 1. The van der Waals surface area contributed by atoms with Crippen LogP contribution in [0.5, 0.6) is 0 Å². The molecular weight excluding hydrogens is 284 g/mol. The Bertz CT molecular complexity index is 436. The topological polar surface area (TPSA) is 29.3 Å². The highest BCUT2D eigenvalue weighted by Crippen LogP contribution is 2.33. The Morgan fingerprint density at radius 1 is 1.26 bits per heavy atom. The Morgan fingerprint density at radius 3 is 2.47 bits per heavy atom. The number of halogens is 5. The first-order chi connectivity index (χ1) is 8.38. The molecular formula is C12H15ClF4N2. The summed E-state index contributed by atoms with van der Waals surface area (Å²) in [7, 11) is 0. The highest BCUT2D eigenvalue weighted by Gasteiger charge is 2.34. The van der Waals surface area contributed by atoms with Crippen LogP contribution in [0.1, 0.15) is 18.4 Å².